The first-order chi connectivity index (χ1) is 12.5. The van der Waals surface area contributed by atoms with Gasteiger partial charge in [-0.1, -0.05) is 37.7 Å². The van der Waals surface area contributed by atoms with E-state index in [0.717, 1.165) is 36.3 Å². The zero-order valence-corrected chi connectivity index (χ0v) is 16.0. The standard InChI is InChI=1S/C22H24N2OS/c1-14-8-10-21(11-9-14)13-17-7-6-16(5-4-15-2-3-15)12-18(17)22(21)19(25)23-20(26)24-22/h6-7,12,14-15H,2-3,8-11,13H2,1H3,(H2,23,24,25,26). The van der Waals surface area contributed by atoms with Crippen molar-refractivity contribution in [2.24, 2.45) is 17.3 Å². The smallest absolute Gasteiger partial charge is 0.257 e. The van der Waals surface area contributed by atoms with Crippen molar-refractivity contribution < 1.29 is 4.79 Å². The summed E-state index contributed by atoms with van der Waals surface area (Å²) < 4.78 is 0. The van der Waals surface area contributed by atoms with Crippen LogP contribution in [0.25, 0.3) is 0 Å². The van der Waals surface area contributed by atoms with Gasteiger partial charge in [0.1, 0.15) is 0 Å². The van der Waals surface area contributed by atoms with Crippen molar-refractivity contribution >= 4 is 23.2 Å². The molecule has 1 heterocycles. The summed E-state index contributed by atoms with van der Waals surface area (Å²) in [5.74, 6) is 8.01. The molecule has 4 heteroatoms. The molecule has 1 aromatic rings. The van der Waals surface area contributed by atoms with Crippen molar-refractivity contribution in [3.05, 3.63) is 34.9 Å². The van der Waals surface area contributed by atoms with Crippen LogP contribution >= 0.6 is 12.2 Å². The molecule has 3 fully saturated rings. The monoisotopic (exact) mass is 364 g/mol. The van der Waals surface area contributed by atoms with Crippen LogP contribution in [0.3, 0.4) is 0 Å². The van der Waals surface area contributed by atoms with E-state index < -0.39 is 5.54 Å². The van der Waals surface area contributed by atoms with Crippen molar-refractivity contribution in [1.82, 2.24) is 10.6 Å². The average Bonchev–Trinajstić information content (AvgIpc) is 3.35. The summed E-state index contributed by atoms with van der Waals surface area (Å²) >= 11 is 5.37. The van der Waals surface area contributed by atoms with Gasteiger partial charge in [-0.05, 0) is 73.5 Å². The second-order valence-electron chi connectivity index (χ2n) is 8.71. The molecule has 0 radical (unpaired) electrons. The molecule has 1 aromatic carbocycles. The molecule has 2 spiro atoms. The fraction of sp³-hybridized carbons (Fsp3) is 0.545. The predicted molar refractivity (Wildman–Crippen MR) is 105 cm³/mol. The Morgan fingerprint density at radius 2 is 1.96 bits per heavy atom. The number of carbonyl (C=O) groups excluding carboxylic acids is 1. The van der Waals surface area contributed by atoms with Crippen LogP contribution in [0.1, 0.15) is 62.1 Å². The molecule has 26 heavy (non-hydrogen) atoms. The summed E-state index contributed by atoms with van der Waals surface area (Å²) in [5.41, 5.74) is 2.62. The van der Waals surface area contributed by atoms with E-state index in [9.17, 15) is 4.79 Å². The van der Waals surface area contributed by atoms with E-state index in [1.165, 1.54) is 31.2 Å². The molecule has 4 aliphatic rings. The summed E-state index contributed by atoms with van der Waals surface area (Å²) in [6, 6.07) is 6.46. The zero-order valence-electron chi connectivity index (χ0n) is 15.2. The van der Waals surface area contributed by atoms with Crippen molar-refractivity contribution in [3.63, 3.8) is 0 Å². The maximum Gasteiger partial charge on any atom is 0.257 e. The molecule has 0 bridgehead atoms. The van der Waals surface area contributed by atoms with E-state index in [-0.39, 0.29) is 11.3 Å². The van der Waals surface area contributed by atoms with Crippen LogP contribution in [0.5, 0.6) is 0 Å². The minimum Gasteiger partial charge on any atom is -0.344 e. The average molecular weight is 365 g/mol. The maximum absolute atomic E-state index is 13.2. The Balaban J connectivity index is 1.63. The Morgan fingerprint density at radius 3 is 2.62 bits per heavy atom. The SMILES string of the molecule is CC1CCC2(CC1)Cc1ccc(C#CC3CC3)cc1C21NC(=S)NC1=O. The fourth-order valence-corrected chi connectivity index (χ4v) is 5.48. The third-order valence-corrected chi connectivity index (χ3v) is 7.14. The number of amides is 1. The van der Waals surface area contributed by atoms with E-state index in [1.807, 2.05) is 0 Å². The number of rotatable bonds is 0. The topological polar surface area (TPSA) is 41.1 Å². The lowest BCUT2D eigenvalue weighted by molar-refractivity contribution is -0.130. The predicted octanol–water partition coefficient (Wildman–Crippen LogP) is 3.40. The molecule has 5 rings (SSSR count). The molecule has 2 saturated carbocycles. The van der Waals surface area contributed by atoms with Crippen molar-refractivity contribution in [1.29, 1.82) is 0 Å². The van der Waals surface area contributed by atoms with E-state index in [0.29, 0.717) is 11.0 Å². The Bertz CT molecular complexity index is 868. The molecule has 3 nitrogen and oxygen atoms in total. The van der Waals surface area contributed by atoms with Gasteiger partial charge in [-0.15, -0.1) is 0 Å². The first kappa shape index (κ1) is 16.3. The molecule has 0 aromatic heterocycles. The molecule has 1 unspecified atom stereocenters. The number of hydrogen-bond donors (Lipinski definition) is 2. The zero-order chi connectivity index (χ0) is 17.9. The van der Waals surface area contributed by atoms with Crippen LogP contribution in [0.4, 0.5) is 0 Å². The van der Waals surface area contributed by atoms with Crippen LogP contribution in [0, 0.1) is 29.1 Å². The summed E-state index contributed by atoms with van der Waals surface area (Å²) in [6.45, 7) is 2.32. The highest BCUT2D eigenvalue weighted by Crippen LogP contribution is 2.59. The first-order valence-corrected chi connectivity index (χ1v) is 10.2. The molecule has 1 saturated heterocycles. The highest BCUT2D eigenvalue weighted by atomic mass is 32.1. The Hall–Kier alpha value is -1.86. The van der Waals surface area contributed by atoms with Gasteiger partial charge in [0, 0.05) is 16.9 Å². The van der Waals surface area contributed by atoms with Crippen molar-refractivity contribution in [2.45, 2.75) is 57.4 Å². The second-order valence-corrected chi connectivity index (χ2v) is 9.12. The molecular weight excluding hydrogens is 340 g/mol. The lowest BCUT2D eigenvalue weighted by atomic mass is 9.60. The van der Waals surface area contributed by atoms with E-state index in [1.54, 1.807) is 0 Å². The van der Waals surface area contributed by atoms with Crippen LogP contribution in [0.2, 0.25) is 0 Å². The fourth-order valence-electron chi connectivity index (χ4n) is 5.24. The minimum absolute atomic E-state index is 0.0307. The van der Waals surface area contributed by atoms with Gasteiger partial charge in [0.2, 0.25) is 0 Å². The molecule has 2 N–H and O–H groups in total. The van der Waals surface area contributed by atoms with E-state index in [2.05, 4.69) is 47.6 Å². The summed E-state index contributed by atoms with van der Waals surface area (Å²) in [4.78, 5) is 13.2. The summed E-state index contributed by atoms with van der Waals surface area (Å²) in [6.07, 6.45) is 7.87. The third-order valence-electron chi connectivity index (χ3n) is 6.94. The van der Waals surface area contributed by atoms with Gasteiger partial charge in [-0.3, -0.25) is 4.79 Å². The van der Waals surface area contributed by atoms with Gasteiger partial charge in [0.05, 0.1) is 0 Å². The van der Waals surface area contributed by atoms with Gasteiger partial charge >= 0.3 is 0 Å². The number of nitrogens with one attached hydrogen (secondary N) is 2. The summed E-state index contributed by atoms with van der Waals surface area (Å²) in [7, 11) is 0. The van der Waals surface area contributed by atoms with Gasteiger partial charge in [-0.25, -0.2) is 0 Å². The molecule has 134 valence electrons. The number of hydrogen-bond acceptors (Lipinski definition) is 2. The quantitative estimate of drug-likeness (QED) is 0.548. The largest absolute Gasteiger partial charge is 0.344 e. The summed E-state index contributed by atoms with van der Waals surface area (Å²) in [5, 5.41) is 6.80. The van der Waals surface area contributed by atoms with Crippen molar-refractivity contribution in [3.8, 4) is 11.8 Å². The lowest BCUT2D eigenvalue weighted by Gasteiger charge is -2.46. The van der Waals surface area contributed by atoms with Crippen molar-refractivity contribution in [2.75, 3.05) is 0 Å². The number of carbonyl (C=O) groups is 1. The van der Waals surface area contributed by atoms with Crippen LogP contribution < -0.4 is 10.6 Å². The molecular formula is C22H24N2OS. The van der Waals surface area contributed by atoms with E-state index in [4.69, 9.17) is 12.2 Å². The second kappa shape index (κ2) is 5.57. The number of fused-ring (bicyclic) bond motifs is 3. The molecule has 1 aliphatic heterocycles. The van der Waals surface area contributed by atoms with Gasteiger partial charge < -0.3 is 10.6 Å². The number of thiocarbonyl (C=S) groups is 1. The van der Waals surface area contributed by atoms with Gasteiger partial charge in [0.25, 0.3) is 5.91 Å². The third kappa shape index (κ3) is 2.26. The molecule has 1 atom stereocenters. The Kier molecular flexibility index (Phi) is 3.49. The minimum atomic E-state index is -0.711. The highest BCUT2D eigenvalue weighted by Gasteiger charge is 2.65. The van der Waals surface area contributed by atoms with Gasteiger partial charge in [0.15, 0.2) is 10.7 Å². The van der Waals surface area contributed by atoms with Crippen LogP contribution in [-0.4, -0.2) is 11.0 Å². The lowest BCUT2D eigenvalue weighted by Crippen LogP contribution is -2.56. The van der Waals surface area contributed by atoms with Crippen LogP contribution in [0.15, 0.2) is 18.2 Å². The normalized spacial score (nSPS) is 35.0. The Morgan fingerprint density at radius 1 is 1.19 bits per heavy atom. The Labute approximate surface area is 160 Å². The van der Waals surface area contributed by atoms with E-state index >= 15 is 0 Å². The molecule has 1 amide bonds. The maximum atomic E-state index is 13.2. The first-order valence-electron chi connectivity index (χ1n) is 9.81. The van der Waals surface area contributed by atoms with Crippen LogP contribution in [-0.2, 0) is 16.8 Å². The van der Waals surface area contributed by atoms with Gasteiger partial charge in [-0.2, -0.15) is 0 Å². The number of benzene rings is 1. The molecule has 3 aliphatic carbocycles. The highest BCUT2D eigenvalue weighted by molar-refractivity contribution is 7.80.